The Hall–Kier alpha value is -2.90. The second-order valence-electron chi connectivity index (χ2n) is 5.85. The number of hydrogen-bond donors (Lipinski definition) is 1. The van der Waals surface area contributed by atoms with E-state index < -0.39 is 28.4 Å². The lowest BCUT2D eigenvalue weighted by Gasteiger charge is -2.26. The van der Waals surface area contributed by atoms with Crippen LogP contribution in [0.5, 0.6) is 0 Å². The first-order valence-electron chi connectivity index (χ1n) is 8.15. The average molecular weight is 420 g/mol. The first-order valence-corrected chi connectivity index (χ1v) is 9.97. The Morgan fingerprint density at radius 1 is 0.964 bits per heavy atom. The first-order chi connectivity index (χ1) is 13.3. The van der Waals surface area contributed by atoms with Gasteiger partial charge < -0.3 is 5.11 Å². The Morgan fingerprint density at radius 2 is 1.61 bits per heavy atom. The zero-order valence-corrected chi connectivity index (χ0v) is 16.0. The molecule has 0 fully saturated rings. The van der Waals surface area contributed by atoms with Gasteiger partial charge in [0, 0.05) is 10.6 Å². The summed E-state index contributed by atoms with van der Waals surface area (Å²) in [5.41, 5.74) is -0.364. The van der Waals surface area contributed by atoms with Crippen LogP contribution < -0.4 is 4.31 Å². The van der Waals surface area contributed by atoms with Crippen LogP contribution in [0.25, 0.3) is 0 Å². The molecule has 0 radical (unpaired) electrons. The van der Waals surface area contributed by atoms with E-state index in [0.717, 1.165) is 10.4 Å². The third-order valence-electron chi connectivity index (χ3n) is 4.10. The van der Waals surface area contributed by atoms with Crippen LogP contribution in [0.3, 0.4) is 0 Å². The van der Waals surface area contributed by atoms with Crippen molar-refractivity contribution in [3.8, 4) is 0 Å². The largest absolute Gasteiger partial charge is 0.478 e. The van der Waals surface area contributed by atoms with E-state index in [1.54, 1.807) is 18.2 Å². The van der Waals surface area contributed by atoms with Crippen molar-refractivity contribution in [2.75, 3.05) is 4.31 Å². The molecular formula is C20H15ClFNO4S. The van der Waals surface area contributed by atoms with Gasteiger partial charge in [-0.25, -0.2) is 17.6 Å². The first kappa shape index (κ1) is 19.9. The molecule has 0 atom stereocenters. The highest BCUT2D eigenvalue weighted by atomic mass is 35.5. The molecule has 0 heterocycles. The van der Waals surface area contributed by atoms with Gasteiger partial charge in [-0.05, 0) is 36.4 Å². The normalized spacial score (nSPS) is 11.2. The number of halogens is 2. The van der Waals surface area contributed by atoms with Crippen LogP contribution in [0.1, 0.15) is 15.9 Å². The number of para-hydroxylation sites is 1. The fraction of sp³-hybridized carbons (Fsp3) is 0.0500. The molecule has 8 heteroatoms. The number of carbonyl (C=O) groups is 1. The maximum absolute atomic E-state index is 14.4. The van der Waals surface area contributed by atoms with Gasteiger partial charge in [0.2, 0.25) is 0 Å². The zero-order chi connectivity index (χ0) is 20.3. The van der Waals surface area contributed by atoms with Gasteiger partial charge in [-0.15, -0.1) is 0 Å². The summed E-state index contributed by atoms with van der Waals surface area (Å²) in [6.07, 6.45) is 0. The molecule has 0 aromatic heterocycles. The van der Waals surface area contributed by atoms with Crippen molar-refractivity contribution < 1.29 is 22.7 Å². The maximum Gasteiger partial charge on any atom is 0.337 e. The van der Waals surface area contributed by atoms with E-state index in [1.165, 1.54) is 48.5 Å². The van der Waals surface area contributed by atoms with E-state index in [0.29, 0.717) is 0 Å². The quantitative estimate of drug-likeness (QED) is 0.635. The van der Waals surface area contributed by atoms with Crippen molar-refractivity contribution >= 4 is 33.3 Å². The number of anilines is 1. The van der Waals surface area contributed by atoms with Crippen molar-refractivity contribution in [3.05, 3.63) is 94.8 Å². The number of carboxylic acid groups (broad SMARTS) is 1. The minimum absolute atomic E-state index is 0.0427. The van der Waals surface area contributed by atoms with Gasteiger partial charge in [-0.3, -0.25) is 4.31 Å². The summed E-state index contributed by atoms with van der Waals surface area (Å²) in [4.78, 5) is 11.6. The zero-order valence-electron chi connectivity index (χ0n) is 14.4. The summed E-state index contributed by atoms with van der Waals surface area (Å²) in [6, 6.07) is 17.2. The van der Waals surface area contributed by atoms with Crippen LogP contribution in [-0.2, 0) is 16.6 Å². The van der Waals surface area contributed by atoms with Crippen molar-refractivity contribution in [2.45, 2.75) is 11.4 Å². The smallest absolute Gasteiger partial charge is 0.337 e. The van der Waals surface area contributed by atoms with Gasteiger partial charge in [0.1, 0.15) is 5.82 Å². The van der Waals surface area contributed by atoms with Gasteiger partial charge in [-0.1, -0.05) is 48.0 Å². The molecule has 0 amide bonds. The molecule has 3 rings (SSSR count). The molecule has 0 spiro atoms. The molecular weight excluding hydrogens is 405 g/mol. The molecule has 5 nitrogen and oxygen atoms in total. The molecule has 0 saturated carbocycles. The SMILES string of the molecule is O=C(O)c1ccccc1N(Cc1c(F)cccc1Cl)S(=O)(=O)c1ccccc1. The predicted octanol–water partition coefficient (Wildman–Crippen LogP) is 4.57. The van der Waals surface area contributed by atoms with Crippen molar-refractivity contribution in [3.63, 3.8) is 0 Å². The van der Waals surface area contributed by atoms with Gasteiger partial charge in [0.25, 0.3) is 10.0 Å². The van der Waals surface area contributed by atoms with E-state index in [4.69, 9.17) is 11.6 Å². The summed E-state index contributed by atoms with van der Waals surface area (Å²) < 4.78 is 41.8. The Balaban J connectivity index is 2.22. The Labute approximate surface area is 166 Å². The van der Waals surface area contributed by atoms with Crippen LogP contribution in [0, 0.1) is 5.82 Å². The fourth-order valence-corrected chi connectivity index (χ4v) is 4.41. The number of rotatable bonds is 6. The molecule has 3 aromatic carbocycles. The lowest BCUT2D eigenvalue weighted by atomic mass is 10.1. The topological polar surface area (TPSA) is 74.7 Å². The lowest BCUT2D eigenvalue weighted by molar-refractivity contribution is 0.0697. The van der Waals surface area contributed by atoms with E-state index in [2.05, 4.69) is 0 Å². The predicted molar refractivity (Wildman–Crippen MR) is 105 cm³/mol. The third kappa shape index (κ3) is 3.85. The van der Waals surface area contributed by atoms with E-state index in [-0.39, 0.29) is 26.7 Å². The number of nitrogens with zero attached hydrogens (tertiary/aromatic N) is 1. The van der Waals surface area contributed by atoms with Crippen molar-refractivity contribution in [1.29, 1.82) is 0 Å². The average Bonchev–Trinajstić information content (AvgIpc) is 2.68. The third-order valence-corrected chi connectivity index (χ3v) is 6.23. The van der Waals surface area contributed by atoms with Crippen molar-refractivity contribution in [2.24, 2.45) is 0 Å². The van der Waals surface area contributed by atoms with Crippen LogP contribution in [0.2, 0.25) is 5.02 Å². The molecule has 0 aliphatic rings. The van der Waals surface area contributed by atoms with Crippen LogP contribution >= 0.6 is 11.6 Å². The van der Waals surface area contributed by atoms with Gasteiger partial charge in [0.15, 0.2) is 0 Å². The van der Waals surface area contributed by atoms with E-state index >= 15 is 0 Å². The molecule has 0 bridgehead atoms. The summed E-state index contributed by atoms with van der Waals surface area (Å²) >= 11 is 6.08. The lowest BCUT2D eigenvalue weighted by Crippen LogP contribution is -2.32. The van der Waals surface area contributed by atoms with Crippen LogP contribution in [0.15, 0.2) is 77.7 Å². The summed E-state index contributed by atoms with van der Waals surface area (Å²) in [5, 5.41) is 9.55. The number of benzene rings is 3. The summed E-state index contributed by atoms with van der Waals surface area (Å²) in [5.74, 6) is -1.99. The molecule has 0 unspecified atom stereocenters. The second-order valence-corrected chi connectivity index (χ2v) is 8.12. The standard InChI is InChI=1S/C20H15ClFNO4S/c21-17-10-6-11-18(22)16(17)13-23(19-12-5-4-9-15(19)20(24)25)28(26,27)14-7-2-1-3-8-14/h1-12H,13H2,(H,24,25). The van der Waals surface area contributed by atoms with Gasteiger partial charge in [-0.2, -0.15) is 0 Å². The molecule has 144 valence electrons. The Bertz CT molecular complexity index is 1100. The molecule has 0 aliphatic heterocycles. The highest BCUT2D eigenvalue weighted by Crippen LogP contribution is 2.31. The van der Waals surface area contributed by atoms with Crippen LogP contribution in [-0.4, -0.2) is 19.5 Å². The van der Waals surface area contributed by atoms with E-state index in [9.17, 15) is 22.7 Å². The Kier molecular flexibility index (Phi) is 5.67. The highest BCUT2D eigenvalue weighted by Gasteiger charge is 2.29. The number of sulfonamides is 1. The number of aromatic carboxylic acids is 1. The molecule has 0 saturated heterocycles. The summed E-state index contributed by atoms with van der Waals surface area (Å²) in [6.45, 7) is -0.465. The van der Waals surface area contributed by atoms with Gasteiger partial charge in [0.05, 0.1) is 22.7 Å². The van der Waals surface area contributed by atoms with Gasteiger partial charge >= 0.3 is 5.97 Å². The number of carboxylic acids is 1. The molecule has 1 N–H and O–H groups in total. The van der Waals surface area contributed by atoms with Crippen molar-refractivity contribution in [1.82, 2.24) is 0 Å². The van der Waals surface area contributed by atoms with Crippen LogP contribution in [0.4, 0.5) is 10.1 Å². The van der Waals surface area contributed by atoms with E-state index in [1.807, 2.05) is 0 Å². The second kappa shape index (κ2) is 8.00. The Morgan fingerprint density at radius 3 is 2.25 bits per heavy atom. The minimum atomic E-state index is -4.20. The molecule has 28 heavy (non-hydrogen) atoms. The summed E-state index contributed by atoms with van der Waals surface area (Å²) in [7, 11) is -4.20. The fourth-order valence-electron chi connectivity index (χ4n) is 2.72. The molecule has 3 aromatic rings. The maximum atomic E-state index is 14.4. The highest BCUT2D eigenvalue weighted by molar-refractivity contribution is 7.92. The number of hydrogen-bond acceptors (Lipinski definition) is 3. The molecule has 0 aliphatic carbocycles. The minimum Gasteiger partial charge on any atom is -0.478 e. The monoisotopic (exact) mass is 419 g/mol.